The Hall–Kier alpha value is -1.00. The molecule has 0 aliphatic heterocycles. The minimum Gasteiger partial charge on any atom is -0.393 e. The molecule has 2 N–H and O–H groups in total. The Morgan fingerprint density at radius 1 is 1.19 bits per heavy atom. The van der Waals surface area contributed by atoms with Crippen LogP contribution in [-0.4, -0.2) is 35.3 Å². The average Bonchev–Trinajstić information content (AvgIpc) is 3.11. The number of hydrogen-bond donors (Lipinski definition) is 2. The van der Waals surface area contributed by atoms with Crippen LogP contribution in [0.1, 0.15) is 84.5 Å². The van der Waals surface area contributed by atoms with Crippen molar-refractivity contribution in [1.82, 2.24) is 0 Å². The van der Waals surface area contributed by atoms with E-state index in [1.807, 2.05) is 0 Å². The van der Waals surface area contributed by atoms with E-state index in [4.69, 9.17) is 0 Å². The van der Waals surface area contributed by atoms with Crippen LogP contribution in [0.5, 0.6) is 0 Å². The number of rotatable bonds is 8. The zero-order valence-corrected chi connectivity index (χ0v) is 19.5. The summed E-state index contributed by atoms with van der Waals surface area (Å²) < 4.78 is 25.9. The molecule has 3 saturated carbocycles. The lowest BCUT2D eigenvalue weighted by Gasteiger charge is -2.44. The molecule has 0 spiro atoms. The van der Waals surface area contributed by atoms with Gasteiger partial charge in [-0.3, -0.25) is 0 Å². The number of hydrogen-bond acceptors (Lipinski definition) is 2. The van der Waals surface area contributed by atoms with Crippen LogP contribution in [-0.2, 0) is 0 Å². The first-order valence-electron chi connectivity index (χ1n) is 12.3. The van der Waals surface area contributed by atoms with Gasteiger partial charge in [0.1, 0.15) is 19.0 Å². The van der Waals surface area contributed by atoms with Crippen molar-refractivity contribution in [3.05, 3.63) is 35.5 Å². The lowest BCUT2D eigenvalue weighted by atomic mass is 9.60. The first-order valence-corrected chi connectivity index (χ1v) is 12.3. The second-order valence-corrected chi connectivity index (χ2v) is 10.9. The lowest BCUT2D eigenvalue weighted by molar-refractivity contribution is -0.0174. The molecule has 5 atom stereocenters. The molecule has 2 nitrogen and oxygen atoms in total. The van der Waals surface area contributed by atoms with Gasteiger partial charge >= 0.3 is 0 Å². The van der Waals surface area contributed by atoms with Crippen molar-refractivity contribution in [3.63, 3.8) is 0 Å². The molecular weight excluding hydrogens is 394 g/mol. The van der Waals surface area contributed by atoms with Crippen molar-refractivity contribution in [3.8, 4) is 0 Å². The van der Waals surface area contributed by atoms with Gasteiger partial charge in [-0.05, 0) is 86.5 Å². The SMILES string of the molecule is C=C1CC[C@H](O)C/C1=C/C=C1\CCC[C@]2(C)[C@@H]([C@H](C)CCCC(O)(CF)CF)CC[C@@H]12. The predicted molar refractivity (Wildman–Crippen MR) is 123 cm³/mol. The summed E-state index contributed by atoms with van der Waals surface area (Å²) >= 11 is 0. The van der Waals surface area contributed by atoms with Crippen LogP contribution in [0.2, 0.25) is 0 Å². The third kappa shape index (κ3) is 5.50. The predicted octanol–water partition coefficient (Wildman–Crippen LogP) is 6.63. The zero-order valence-electron chi connectivity index (χ0n) is 19.5. The van der Waals surface area contributed by atoms with Crippen LogP contribution in [0, 0.1) is 23.2 Å². The van der Waals surface area contributed by atoms with Crippen molar-refractivity contribution in [2.24, 2.45) is 23.2 Å². The van der Waals surface area contributed by atoms with E-state index in [0.717, 1.165) is 25.7 Å². The normalized spacial score (nSPS) is 35.5. The Kier molecular flexibility index (Phi) is 8.18. The van der Waals surface area contributed by atoms with Gasteiger partial charge in [0, 0.05) is 0 Å². The van der Waals surface area contributed by atoms with Crippen LogP contribution in [0.15, 0.2) is 35.5 Å². The smallest absolute Gasteiger partial charge is 0.121 e. The molecule has 0 unspecified atom stereocenters. The molecular formula is C27H42F2O2. The standard InChI is InChI=1S/C27H42F2O2/c1-19-8-11-23(30)16-22(19)10-9-21-7-5-14-26(3)24(12-13-25(21)26)20(2)6-4-15-27(31,17-28)18-29/h9-10,20,23-25,30-31H,1,4-8,11-18H2,2-3H3/b21-9+,22-10-/t20-,23+,24-,25+,26-/m1/s1. The molecule has 0 radical (unpaired) electrons. The van der Waals surface area contributed by atoms with Crippen molar-refractivity contribution in [1.29, 1.82) is 0 Å². The quantitative estimate of drug-likeness (QED) is 0.448. The summed E-state index contributed by atoms with van der Waals surface area (Å²) in [6.45, 7) is 6.92. The molecule has 0 heterocycles. The highest BCUT2D eigenvalue weighted by Gasteiger charge is 2.50. The molecule has 4 heteroatoms. The number of aliphatic hydroxyl groups excluding tert-OH is 1. The Balaban J connectivity index is 1.65. The molecule has 0 aromatic heterocycles. The molecule has 0 aromatic carbocycles. The molecule has 3 aliphatic carbocycles. The van der Waals surface area contributed by atoms with E-state index >= 15 is 0 Å². The van der Waals surface area contributed by atoms with E-state index < -0.39 is 19.0 Å². The molecule has 0 amide bonds. The van der Waals surface area contributed by atoms with Gasteiger partial charge in [-0.25, -0.2) is 8.78 Å². The zero-order chi connectivity index (χ0) is 22.6. The van der Waals surface area contributed by atoms with Crippen molar-refractivity contribution >= 4 is 0 Å². The maximum Gasteiger partial charge on any atom is 0.121 e. The minimum absolute atomic E-state index is 0.200. The molecule has 31 heavy (non-hydrogen) atoms. The third-order valence-electron chi connectivity index (χ3n) is 8.71. The first-order chi connectivity index (χ1) is 14.7. The minimum atomic E-state index is -1.78. The number of halogens is 2. The fourth-order valence-electron chi connectivity index (χ4n) is 6.73. The molecule has 3 fully saturated rings. The van der Waals surface area contributed by atoms with Crippen LogP contribution in [0.4, 0.5) is 8.78 Å². The van der Waals surface area contributed by atoms with Gasteiger partial charge in [0.25, 0.3) is 0 Å². The van der Waals surface area contributed by atoms with Crippen LogP contribution < -0.4 is 0 Å². The van der Waals surface area contributed by atoms with Crippen molar-refractivity contribution in [2.75, 3.05) is 13.3 Å². The summed E-state index contributed by atoms with van der Waals surface area (Å²) in [6.07, 6.45) is 14.5. The summed E-state index contributed by atoms with van der Waals surface area (Å²) in [5.74, 6) is 1.70. The summed E-state index contributed by atoms with van der Waals surface area (Å²) in [7, 11) is 0. The van der Waals surface area contributed by atoms with E-state index in [2.05, 4.69) is 32.6 Å². The van der Waals surface area contributed by atoms with E-state index in [1.165, 1.54) is 36.8 Å². The van der Waals surface area contributed by atoms with Gasteiger partial charge in [0.2, 0.25) is 0 Å². The molecule has 0 saturated heterocycles. The first kappa shape index (κ1) is 24.6. The fraction of sp³-hybridized carbons (Fsp3) is 0.778. The van der Waals surface area contributed by atoms with Gasteiger partial charge < -0.3 is 10.2 Å². The molecule has 0 aromatic rings. The van der Waals surface area contributed by atoms with Gasteiger partial charge in [0.15, 0.2) is 0 Å². The van der Waals surface area contributed by atoms with E-state index in [-0.39, 0.29) is 17.9 Å². The number of alkyl halides is 2. The van der Waals surface area contributed by atoms with E-state index in [1.54, 1.807) is 5.57 Å². The Morgan fingerprint density at radius 3 is 2.65 bits per heavy atom. The van der Waals surface area contributed by atoms with E-state index in [9.17, 15) is 19.0 Å². The molecule has 176 valence electrons. The monoisotopic (exact) mass is 436 g/mol. The molecule has 3 rings (SSSR count). The van der Waals surface area contributed by atoms with Crippen molar-refractivity contribution in [2.45, 2.75) is 96.2 Å². The maximum atomic E-state index is 12.9. The Labute approximate surface area is 187 Å². The van der Waals surface area contributed by atoms with Gasteiger partial charge in [0.05, 0.1) is 6.10 Å². The highest BCUT2D eigenvalue weighted by atomic mass is 19.1. The second kappa shape index (κ2) is 10.3. The lowest BCUT2D eigenvalue weighted by Crippen LogP contribution is -2.36. The second-order valence-electron chi connectivity index (χ2n) is 10.9. The Bertz CT molecular complexity index is 693. The number of allylic oxidation sites excluding steroid dienone is 4. The molecule has 3 aliphatic rings. The molecule has 0 bridgehead atoms. The highest BCUT2D eigenvalue weighted by Crippen LogP contribution is 2.60. The third-order valence-corrected chi connectivity index (χ3v) is 8.71. The van der Waals surface area contributed by atoms with Gasteiger partial charge in [-0.1, -0.05) is 56.6 Å². The van der Waals surface area contributed by atoms with Crippen LogP contribution in [0.25, 0.3) is 0 Å². The van der Waals surface area contributed by atoms with Crippen molar-refractivity contribution < 1.29 is 19.0 Å². The number of fused-ring (bicyclic) bond motifs is 1. The number of aliphatic hydroxyl groups is 2. The maximum absolute atomic E-state index is 12.9. The van der Waals surface area contributed by atoms with Crippen LogP contribution in [0.3, 0.4) is 0 Å². The van der Waals surface area contributed by atoms with E-state index in [0.29, 0.717) is 30.6 Å². The van der Waals surface area contributed by atoms with Crippen LogP contribution >= 0.6 is 0 Å². The summed E-state index contributed by atoms with van der Waals surface area (Å²) in [5, 5.41) is 19.9. The average molecular weight is 437 g/mol. The fourth-order valence-corrected chi connectivity index (χ4v) is 6.73. The summed E-state index contributed by atoms with van der Waals surface area (Å²) in [5.41, 5.74) is 2.41. The topological polar surface area (TPSA) is 40.5 Å². The van der Waals surface area contributed by atoms with Gasteiger partial charge in [-0.2, -0.15) is 0 Å². The highest BCUT2D eigenvalue weighted by molar-refractivity contribution is 5.36. The summed E-state index contributed by atoms with van der Waals surface area (Å²) in [4.78, 5) is 0. The van der Waals surface area contributed by atoms with Gasteiger partial charge in [-0.15, -0.1) is 0 Å². The summed E-state index contributed by atoms with van der Waals surface area (Å²) in [6, 6.07) is 0. The Morgan fingerprint density at radius 2 is 1.94 bits per heavy atom. The largest absolute Gasteiger partial charge is 0.393 e.